The van der Waals surface area contributed by atoms with Gasteiger partial charge in [-0.25, -0.2) is 13.5 Å². The van der Waals surface area contributed by atoms with Gasteiger partial charge in [-0.2, -0.15) is 0 Å². The zero-order valence-corrected chi connectivity index (χ0v) is 11.4. The molecule has 0 saturated heterocycles. The van der Waals surface area contributed by atoms with Crippen LogP contribution in [0.3, 0.4) is 0 Å². The van der Waals surface area contributed by atoms with E-state index in [4.69, 9.17) is 0 Å². The van der Waals surface area contributed by atoms with Crippen LogP contribution < -0.4 is 11.1 Å². The van der Waals surface area contributed by atoms with Gasteiger partial charge in [-0.15, -0.1) is 0 Å². The Kier molecular flexibility index (Phi) is 3.84. The maximum Gasteiger partial charge on any atom is 0.268 e. The van der Waals surface area contributed by atoms with E-state index in [2.05, 4.69) is 5.10 Å². The Morgan fingerprint density at radius 3 is 2.43 bits per heavy atom. The first-order valence-corrected chi connectivity index (χ1v) is 6.10. The van der Waals surface area contributed by atoms with Crippen molar-refractivity contribution >= 4 is 5.78 Å². The predicted octanol–water partition coefficient (Wildman–Crippen LogP) is 1.31. The number of hydrogen-bond donors (Lipinski definition) is 1. The van der Waals surface area contributed by atoms with Gasteiger partial charge in [0.05, 0.1) is 0 Å². The van der Waals surface area contributed by atoms with Crippen LogP contribution in [0, 0.1) is 25.5 Å². The number of benzene rings is 1. The van der Waals surface area contributed by atoms with Crippen molar-refractivity contribution in [3.8, 4) is 0 Å². The Hall–Kier alpha value is -2.57. The molecule has 1 aromatic heterocycles. The van der Waals surface area contributed by atoms with Gasteiger partial charge in [0.2, 0.25) is 0 Å². The first-order valence-electron chi connectivity index (χ1n) is 6.10. The highest BCUT2D eigenvalue weighted by molar-refractivity contribution is 5.95. The number of aromatic amines is 1. The van der Waals surface area contributed by atoms with Crippen LogP contribution in [0.1, 0.15) is 21.5 Å². The lowest BCUT2D eigenvalue weighted by atomic mass is 10.1. The van der Waals surface area contributed by atoms with Gasteiger partial charge >= 0.3 is 0 Å². The minimum absolute atomic E-state index is 0.0834. The van der Waals surface area contributed by atoms with Gasteiger partial charge in [0.1, 0.15) is 6.54 Å². The fourth-order valence-corrected chi connectivity index (χ4v) is 1.81. The van der Waals surface area contributed by atoms with E-state index in [1.807, 2.05) is 0 Å². The van der Waals surface area contributed by atoms with Gasteiger partial charge < -0.3 is 0 Å². The van der Waals surface area contributed by atoms with E-state index in [1.54, 1.807) is 0 Å². The van der Waals surface area contributed by atoms with Crippen LogP contribution in [0.4, 0.5) is 8.78 Å². The molecule has 0 fully saturated rings. The lowest BCUT2D eigenvalue weighted by Gasteiger charge is -2.07. The quantitative estimate of drug-likeness (QED) is 0.868. The molecule has 2 rings (SSSR count). The lowest BCUT2D eigenvalue weighted by molar-refractivity contribution is 0.0964. The standard InChI is InChI=1S/C14H12F2N2O3/c1-7-8(2)14(21)18(17-13(7)20)6-12(19)9-3-4-10(15)11(16)5-9/h3-5H,6H2,1-2H3,(H,17,20). The van der Waals surface area contributed by atoms with Crippen LogP contribution in [0.15, 0.2) is 27.8 Å². The maximum atomic E-state index is 13.1. The molecule has 7 heteroatoms. The summed E-state index contributed by atoms with van der Waals surface area (Å²) in [7, 11) is 0. The zero-order chi connectivity index (χ0) is 15.7. The number of Topliss-reactive ketones (excluding diaryl/α,β-unsaturated/α-hetero) is 1. The Balaban J connectivity index is 2.38. The van der Waals surface area contributed by atoms with Crippen molar-refractivity contribution in [3.63, 3.8) is 0 Å². The predicted molar refractivity (Wildman–Crippen MR) is 71.5 cm³/mol. The van der Waals surface area contributed by atoms with Gasteiger partial charge in [0.15, 0.2) is 17.4 Å². The normalized spacial score (nSPS) is 10.7. The summed E-state index contributed by atoms with van der Waals surface area (Å²) < 4.78 is 26.8. The second kappa shape index (κ2) is 5.43. The third-order valence-electron chi connectivity index (χ3n) is 3.25. The SMILES string of the molecule is Cc1c(C)c(=O)n(CC(=O)c2ccc(F)c(F)c2)[nH]c1=O. The van der Waals surface area contributed by atoms with Gasteiger partial charge in [0, 0.05) is 16.7 Å². The molecule has 0 aliphatic heterocycles. The van der Waals surface area contributed by atoms with Crippen molar-refractivity contribution in [2.24, 2.45) is 0 Å². The van der Waals surface area contributed by atoms with Gasteiger partial charge in [-0.1, -0.05) is 0 Å². The Bertz CT molecular complexity index is 837. The van der Waals surface area contributed by atoms with Gasteiger partial charge in [-0.3, -0.25) is 19.5 Å². The van der Waals surface area contributed by atoms with Crippen molar-refractivity contribution in [2.75, 3.05) is 0 Å². The van der Waals surface area contributed by atoms with E-state index in [-0.39, 0.29) is 16.7 Å². The Morgan fingerprint density at radius 2 is 1.81 bits per heavy atom. The van der Waals surface area contributed by atoms with E-state index in [0.29, 0.717) is 0 Å². The molecule has 2 aromatic rings. The molecule has 0 saturated carbocycles. The van der Waals surface area contributed by atoms with Crippen molar-refractivity contribution < 1.29 is 13.6 Å². The molecular weight excluding hydrogens is 282 g/mol. The molecule has 0 bridgehead atoms. The fourth-order valence-electron chi connectivity index (χ4n) is 1.81. The molecule has 0 radical (unpaired) electrons. The molecule has 110 valence electrons. The first-order chi connectivity index (χ1) is 9.81. The number of nitrogens with one attached hydrogen (secondary N) is 1. The number of nitrogens with zero attached hydrogens (tertiary/aromatic N) is 1. The topological polar surface area (TPSA) is 71.9 Å². The third-order valence-corrected chi connectivity index (χ3v) is 3.25. The van der Waals surface area contributed by atoms with E-state index >= 15 is 0 Å². The van der Waals surface area contributed by atoms with Crippen molar-refractivity contribution in [3.05, 3.63) is 67.2 Å². The Labute approximate surface area is 117 Å². The van der Waals surface area contributed by atoms with Crippen LogP contribution >= 0.6 is 0 Å². The summed E-state index contributed by atoms with van der Waals surface area (Å²) in [6.07, 6.45) is 0. The number of rotatable bonds is 3. The summed E-state index contributed by atoms with van der Waals surface area (Å²) >= 11 is 0. The fraction of sp³-hybridized carbons (Fsp3) is 0.214. The zero-order valence-electron chi connectivity index (χ0n) is 11.4. The highest BCUT2D eigenvalue weighted by Gasteiger charge is 2.13. The van der Waals surface area contributed by atoms with Crippen LogP contribution in [0.5, 0.6) is 0 Å². The highest BCUT2D eigenvalue weighted by Crippen LogP contribution is 2.09. The molecular formula is C14H12F2N2O3. The maximum absolute atomic E-state index is 13.1. The first kappa shape index (κ1) is 14.8. The number of aromatic nitrogens is 2. The van der Waals surface area contributed by atoms with Crippen molar-refractivity contribution in [2.45, 2.75) is 20.4 Å². The van der Waals surface area contributed by atoms with Gasteiger partial charge in [0.25, 0.3) is 11.1 Å². The van der Waals surface area contributed by atoms with Crippen LogP contribution in [0.2, 0.25) is 0 Å². The van der Waals surface area contributed by atoms with Crippen LogP contribution in [0.25, 0.3) is 0 Å². The number of ketones is 1. The van der Waals surface area contributed by atoms with Crippen LogP contribution in [-0.4, -0.2) is 15.6 Å². The van der Waals surface area contributed by atoms with Crippen molar-refractivity contribution in [1.82, 2.24) is 9.78 Å². The minimum Gasteiger partial charge on any atom is -0.292 e. The molecule has 0 aliphatic rings. The Morgan fingerprint density at radius 1 is 1.14 bits per heavy atom. The molecule has 0 atom stereocenters. The summed E-state index contributed by atoms with van der Waals surface area (Å²) in [4.78, 5) is 35.5. The van der Waals surface area contributed by atoms with Crippen LogP contribution in [-0.2, 0) is 6.54 Å². The number of hydrogen-bond acceptors (Lipinski definition) is 3. The van der Waals surface area contributed by atoms with Crippen molar-refractivity contribution in [1.29, 1.82) is 0 Å². The highest BCUT2D eigenvalue weighted by atomic mass is 19.2. The van der Waals surface area contributed by atoms with E-state index < -0.39 is 35.1 Å². The molecule has 1 N–H and O–H groups in total. The largest absolute Gasteiger partial charge is 0.292 e. The molecule has 0 spiro atoms. The monoisotopic (exact) mass is 294 g/mol. The second-order valence-corrected chi connectivity index (χ2v) is 4.63. The lowest BCUT2D eigenvalue weighted by Crippen LogP contribution is -2.35. The summed E-state index contributed by atoms with van der Waals surface area (Å²) in [6, 6.07) is 2.70. The van der Waals surface area contributed by atoms with E-state index in [1.165, 1.54) is 13.8 Å². The summed E-state index contributed by atoms with van der Waals surface area (Å²) in [5, 5.41) is 2.27. The molecule has 21 heavy (non-hydrogen) atoms. The van der Waals surface area contributed by atoms with E-state index in [0.717, 1.165) is 22.9 Å². The van der Waals surface area contributed by atoms with E-state index in [9.17, 15) is 23.2 Å². The van der Waals surface area contributed by atoms with Gasteiger partial charge in [-0.05, 0) is 32.0 Å². The third kappa shape index (κ3) is 2.81. The number of H-pyrrole nitrogens is 1. The molecule has 1 heterocycles. The average molecular weight is 294 g/mol. The molecule has 0 unspecified atom stereocenters. The summed E-state index contributed by atoms with van der Waals surface area (Å²) in [5.74, 6) is -2.83. The molecule has 1 aromatic carbocycles. The average Bonchev–Trinajstić information content (AvgIpc) is 2.45. The number of carbonyl (C=O) groups excluding carboxylic acids is 1. The molecule has 5 nitrogen and oxygen atoms in total. The smallest absolute Gasteiger partial charge is 0.268 e. The number of halogens is 2. The molecule has 0 aliphatic carbocycles. The molecule has 0 amide bonds. The minimum atomic E-state index is -1.15. The summed E-state index contributed by atoms with van der Waals surface area (Å²) in [6.45, 7) is 2.52. The second-order valence-electron chi connectivity index (χ2n) is 4.63. The summed E-state index contributed by atoms with van der Waals surface area (Å²) in [5.41, 5.74) is -0.568. The number of carbonyl (C=O) groups is 1.